The lowest BCUT2D eigenvalue weighted by molar-refractivity contribution is 0.0915. The molecule has 2 aromatic rings. The maximum atomic E-state index is 12.1. The van der Waals surface area contributed by atoms with Crippen LogP contribution >= 0.6 is 0 Å². The number of carbonyl (C=O) groups is 1. The van der Waals surface area contributed by atoms with E-state index in [0.717, 1.165) is 25.9 Å². The zero-order chi connectivity index (χ0) is 17.1. The fourth-order valence-corrected chi connectivity index (χ4v) is 2.96. The Bertz CT molecular complexity index is 774. The summed E-state index contributed by atoms with van der Waals surface area (Å²) in [5.41, 5.74) is 0.465. The van der Waals surface area contributed by atoms with Crippen LogP contribution in [-0.4, -0.2) is 40.5 Å². The van der Waals surface area contributed by atoms with Crippen LogP contribution in [0.4, 0.5) is 5.82 Å². The van der Waals surface area contributed by atoms with E-state index in [1.807, 2.05) is 0 Å². The first-order valence-corrected chi connectivity index (χ1v) is 8.05. The van der Waals surface area contributed by atoms with Gasteiger partial charge in [0, 0.05) is 32.6 Å². The quantitative estimate of drug-likeness (QED) is 0.867. The molecule has 1 aliphatic heterocycles. The standard InChI is InChI=1S/C16H21N5O3/c1-10-15(24-11(2)20-10)16(23)17-8-12-3-5-21(6-4-12)13-7-14(22)19-9-18-13/h7,9,12H,3-6,8H2,1-2H3,(H,17,23)(H,18,19,22). The Morgan fingerprint density at radius 2 is 2.17 bits per heavy atom. The highest BCUT2D eigenvalue weighted by Gasteiger charge is 2.22. The maximum Gasteiger partial charge on any atom is 0.289 e. The number of amides is 1. The van der Waals surface area contributed by atoms with E-state index in [0.29, 0.717) is 29.9 Å². The van der Waals surface area contributed by atoms with E-state index in [1.54, 1.807) is 13.8 Å². The number of rotatable bonds is 4. The molecule has 0 atom stereocenters. The van der Waals surface area contributed by atoms with E-state index in [-0.39, 0.29) is 17.2 Å². The Labute approximate surface area is 139 Å². The van der Waals surface area contributed by atoms with Crippen LogP contribution in [0.25, 0.3) is 0 Å². The first kappa shape index (κ1) is 16.2. The molecule has 1 aliphatic rings. The van der Waals surface area contributed by atoms with Crippen LogP contribution in [-0.2, 0) is 0 Å². The minimum Gasteiger partial charge on any atom is -0.436 e. The third-order valence-electron chi connectivity index (χ3n) is 4.26. The lowest BCUT2D eigenvalue weighted by Gasteiger charge is -2.32. The molecule has 128 valence electrons. The Morgan fingerprint density at radius 3 is 2.79 bits per heavy atom. The fraction of sp³-hybridized carbons (Fsp3) is 0.500. The van der Waals surface area contributed by atoms with Crippen LogP contribution in [0, 0.1) is 19.8 Å². The highest BCUT2D eigenvalue weighted by molar-refractivity contribution is 5.92. The van der Waals surface area contributed by atoms with Gasteiger partial charge in [-0.3, -0.25) is 9.59 Å². The largest absolute Gasteiger partial charge is 0.436 e. The van der Waals surface area contributed by atoms with Crippen molar-refractivity contribution in [1.29, 1.82) is 0 Å². The highest BCUT2D eigenvalue weighted by Crippen LogP contribution is 2.20. The number of anilines is 1. The molecule has 3 heterocycles. The summed E-state index contributed by atoms with van der Waals surface area (Å²) < 4.78 is 5.33. The number of oxazole rings is 1. The minimum absolute atomic E-state index is 0.146. The molecule has 0 unspecified atom stereocenters. The van der Waals surface area contributed by atoms with Gasteiger partial charge in [-0.25, -0.2) is 9.97 Å². The summed E-state index contributed by atoms with van der Waals surface area (Å²) in [5, 5.41) is 2.92. The normalized spacial score (nSPS) is 15.5. The van der Waals surface area contributed by atoms with Gasteiger partial charge in [-0.1, -0.05) is 0 Å². The molecule has 2 aromatic heterocycles. The first-order valence-electron chi connectivity index (χ1n) is 8.05. The number of nitrogens with one attached hydrogen (secondary N) is 2. The van der Waals surface area contributed by atoms with Crippen LogP contribution in [0.5, 0.6) is 0 Å². The van der Waals surface area contributed by atoms with Crippen molar-refractivity contribution in [2.45, 2.75) is 26.7 Å². The second-order valence-electron chi connectivity index (χ2n) is 6.06. The average Bonchev–Trinajstić information content (AvgIpc) is 2.91. The molecule has 2 N–H and O–H groups in total. The van der Waals surface area contributed by atoms with E-state index in [1.165, 1.54) is 12.4 Å². The number of aromatic amines is 1. The third-order valence-corrected chi connectivity index (χ3v) is 4.26. The summed E-state index contributed by atoms with van der Waals surface area (Å²) in [6, 6.07) is 1.51. The minimum atomic E-state index is -0.216. The maximum absolute atomic E-state index is 12.1. The Morgan fingerprint density at radius 1 is 1.42 bits per heavy atom. The molecule has 0 aromatic carbocycles. The Kier molecular flexibility index (Phi) is 4.64. The molecule has 8 heteroatoms. The average molecular weight is 331 g/mol. The molecule has 1 amide bonds. The molecule has 3 rings (SSSR count). The van der Waals surface area contributed by atoms with Gasteiger partial charge in [0.2, 0.25) is 5.76 Å². The Hall–Kier alpha value is -2.64. The van der Waals surface area contributed by atoms with Crippen LogP contribution in [0.15, 0.2) is 21.6 Å². The van der Waals surface area contributed by atoms with Gasteiger partial charge in [0.15, 0.2) is 5.89 Å². The number of hydrogen-bond donors (Lipinski definition) is 2. The van der Waals surface area contributed by atoms with Crippen molar-refractivity contribution in [1.82, 2.24) is 20.3 Å². The molecule has 0 radical (unpaired) electrons. The summed E-state index contributed by atoms with van der Waals surface area (Å²) in [6.45, 7) is 5.73. The van der Waals surface area contributed by atoms with Crippen molar-refractivity contribution in [3.63, 3.8) is 0 Å². The number of hydrogen-bond acceptors (Lipinski definition) is 6. The van der Waals surface area contributed by atoms with Gasteiger partial charge >= 0.3 is 0 Å². The molecule has 1 fully saturated rings. The van der Waals surface area contributed by atoms with Gasteiger partial charge in [0.1, 0.15) is 5.82 Å². The SMILES string of the molecule is Cc1nc(C)c(C(=O)NCC2CCN(c3cc(=O)[nH]cn3)CC2)o1. The van der Waals surface area contributed by atoms with Gasteiger partial charge < -0.3 is 19.6 Å². The molecule has 24 heavy (non-hydrogen) atoms. The summed E-state index contributed by atoms with van der Waals surface area (Å²) >= 11 is 0. The van der Waals surface area contributed by atoms with E-state index < -0.39 is 0 Å². The molecule has 0 bridgehead atoms. The van der Waals surface area contributed by atoms with Crippen LogP contribution in [0.3, 0.4) is 0 Å². The number of H-pyrrole nitrogens is 1. The van der Waals surface area contributed by atoms with Crippen LogP contribution in [0.1, 0.15) is 35.0 Å². The predicted molar refractivity (Wildman–Crippen MR) is 88.1 cm³/mol. The van der Waals surface area contributed by atoms with E-state index >= 15 is 0 Å². The number of piperidine rings is 1. The molecule has 8 nitrogen and oxygen atoms in total. The third kappa shape index (κ3) is 3.64. The summed E-state index contributed by atoms with van der Waals surface area (Å²) in [7, 11) is 0. The van der Waals surface area contributed by atoms with Gasteiger partial charge in [-0.2, -0.15) is 0 Å². The van der Waals surface area contributed by atoms with Crippen molar-refractivity contribution in [3.8, 4) is 0 Å². The molecule has 1 saturated heterocycles. The lowest BCUT2D eigenvalue weighted by atomic mass is 9.97. The topological polar surface area (TPSA) is 104 Å². The fourth-order valence-electron chi connectivity index (χ4n) is 2.96. The van der Waals surface area contributed by atoms with Crippen molar-refractivity contribution < 1.29 is 9.21 Å². The van der Waals surface area contributed by atoms with Gasteiger partial charge in [0.05, 0.1) is 12.0 Å². The van der Waals surface area contributed by atoms with Crippen molar-refractivity contribution in [2.75, 3.05) is 24.5 Å². The van der Waals surface area contributed by atoms with E-state index in [4.69, 9.17) is 4.42 Å². The van der Waals surface area contributed by atoms with Gasteiger partial charge in [0.25, 0.3) is 11.5 Å². The van der Waals surface area contributed by atoms with Gasteiger partial charge in [-0.15, -0.1) is 0 Å². The van der Waals surface area contributed by atoms with E-state index in [9.17, 15) is 9.59 Å². The monoisotopic (exact) mass is 331 g/mol. The first-order chi connectivity index (χ1) is 11.5. The Balaban J connectivity index is 1.50. The van der Waals surface area contributed by atoms with Crippen LogP contribution < -0.4 is 15.8 Å². The summed E-state index contributed by atoms with van der Waals surface area (Å²) in [5.74, 6) is 1.67. The molecular formula is C16H21N5O3. The summed E-state index contributed by atoms with van der Waals surface area (Å²) in [6.07, 6.45) is 3.29. The molecule has 0 spiro atoms. The molecule has 0 saturated carbocycles. The lowest BCUT2D eigenvalue weighted by Crippen LogP contribution is -2.39. The zero-order valence-electron chi connectivity index (χ0n) is 13.8. The van der Waals surface area contributed by atoms with E-state index in [2.05, 4.69) is 25.2 Å². The molecular weight excluding hydrogens is 310 g/mol. The second kappa shape index (κ2) is 6.86. The smallest absolute Gasteiger partial charge is 0.289 e. The molecule has 0 aliphatic carbocycles. The summed E-state index contributed by atoms with van der Waals surface area (Å²) in [4.78, 5) is 36.4. The second-order valence-corrected chi connectivity index (χ2v) is 6.06. The van der Waals surface area contributed by atoms with Gasteiger partial charge in [-0.05, 0) is 25.7 Å². The number of aryl methyl sites for hydroxylation is 2. The van der Waals surface area contributed by atoms with Crippen molar-refractivity contribution in [2.24, 2.45) is 5.92 Å². The number of aromatic nitrogens is 3. The van der Waals surface area contributed by atoms with Crippen LogP contribution in [0.2, 0.25) is 0 Å². The highest BCUT2D eigenvalue weighted by atomic mass is 16.4. The van der Waals surface area contributed by atoms with Crippen molar-refractivity contribution >= 4 is 11.7 Å². The number of nitrogens with zero attached hydrogens (tertiary/aromatic N) is 3. The zero-order valence-corrected chi connectivity index (χ0v) is 13.8. The number of carbonyl (C=O) groups excluding carboxylic acids is 1. The van der Waals surface area contributed by atoms with Crippen molar-refractivity contribution in [3.05, 3.63) is 40.1 Å². The predicted octanol–water partition coefficient (Wildman–Crippen LogP) is 1.02.